The Kier molecular flexibility index (Phi) is 5.21. The normalized spacial score (nSPS) is 15.8. The second-order valence-corrected chi connectivity index (χ2v) is 5.82. The van der Waals surface area contributed by atoms with E-state index in [1.165, 1.54) is 5.56 Å². The van der Waals surface area contributed by atoms with Gasteiger partial charge in [-0.15, -0.1) is 0 Å². The summed E-state index contributed by atoms with van der Waals surface area (Å²) in [5, 5.41) is 5.86. The molecule has 0 radical (unpaired) electrons. The third-order valence-electron chi connectivity index (χ3n) is 4.05. The molecule has 1 atom stereocenters. The molecule has 0 aromatic heterocycles. The molecule has 0 unspecified atom stereocenters. The summed E-state index contributed by atoms with van der Waals surface area (Å²) in [7, 11) is 1.64. The molecule has 1 heterocycles. The van der Waals surface area contributed by atoms with Gasteiger partial charge in [0, 0.05) is 6.54 Å². The average molecular weight is 326 g/mol. The quantitative estimate of drug-likeness (QED) is 0.888. The van der Waals surface area contributed by atoms with Gasteiger partial charge >= 0.3 is 6.03 Å². The van der Waals surface area contributed by atoms with E-state index in [-0.39, 0.29) is 12.1 Å². The minimum atomic E-state index is -0.161. The maximum atomic E-state index is 12.0. The van der Waals surface area contributed by atoms with Gasteiger partial charge in [0.15, 0.2) is 0 Å². The Labute approximate surface area is 142 Å². The van der Waals surface area contributed by atoms with Gasteiger partial charge in [-0.25, -0.2) is 4.79 Å². The molecule has 0 saturated heterocycles. The monoisotopic (exact) mass is 326 g/mol. The summed E-state index contributed by atoms with van der Waals surface area (Å²) in [5.74, 6) is 1.66. The van der Waals surface area contributed by atoms with Gasteiger partial charge in [0.25, 0.3) is 0 Å². The van der Waals surface area contributed by atoms with Crippen molar-refractivity contribution in [2.45, 2.75) is 18.9 Å². The van der Waals surface area contributed by atoms with Crippen molar-refractivity contribution < 1.29 is 14.3 Å². The van der Waals surface area contributed by atoms with Crippen LogP contribution in [-0.4, -0.2) is 32.3 Å². The van der Waals surface area contributed by atoms with E-state index in [9.17, 15) is 4.79 Å². The van der Waals surface area contributed by atoms with Gasteiger partial charge in [0.2, 0.25) is 0 Å². The maximum absolute atomic E-state index is 12.0. The lowest BCUT2D eigenvalue weighted by molar-refractivity contribution is 0.214. The first-order valence-corrected chi connectivity index (χ1v) is 8.12. The van der Waals surface area contributed by atoms with Crippen molar-refractivity contribution in [2.75, 3.05) is 20.3 Å². The van der Waals surface area contributed by atoms with Gasteiger partial charge in [-0.05, 0) is 42.2 Å². The highest BCUT2D eigenvalue weighted by atomic mass is 16.5. The maximum Gasteiger partial charge on any atom is 0.315 e. The second kappa shape index (κ2) is 7.73. The number of carbonyl (C=O) groups excluding carboxylic acids is 1. The minimum Gasteiger partial charge on any atom is -0.497 e. The fraction of sp³-hybridized carbons (Fsp3) is 0.316. The first-order valence-electron chi connectivity index (χ1n) is 8.12. The molecule has 2 amide bonds. The Morgan fingerprint density at radius 1 is 1.25 bits per heavy atom. The van der Waals surface area contributed by atoms with Crippen molar-refractivity contribution in [3.8, 4) is 11.5 Å². The van der Waals surface area contributed by atoms with Crippen molar-refractivity contribution in [2.24, 2.45) is 0 Å². The Bertz CT molecular complexity index is 688. The Balaban J connectivity index is 1.46. The van der Waals surface area contributed by atoms with E-state index >= 15 is 0 Å². The first kappa shape index (κ1) is 16.2. The Hall–Kier alpha value is -2.69. The fourth-order valence-corrected chi connectivity index (χ4v) is 2.79. The van der Waals surface area contributed by atoms with Crippen LogP contribution in [0, 0.1) is 0 Å². The van der Waals surface area contributed by atoms with Gasteiger partial charge in [-0.1, -0.05) is 30.3 Å². The van der Waals surface area contributed by atoms with E-state index in [0.717, 1.165) is 29.9 Å². The van der Waals surface area contributed by atoms with Crippen molar-refractivity contribution in [1.82, 2.24) is 10.6 Å². The Morgan fingerprint density at radius 3 is 2.88 bits per heavy atom. The number of hydrogen-bond acceptors (Lipinski definition) is 3. The number of amides is 2. The van der Waals surface area contributed by atoms with Gasteiger partial charge in [-0.2, -0.15) is 0 Å². The standard InChI is InChI=1S/C19H22N2O3/c1-23-17-7-8-18-15(12-17)11-16(13-24-18)21-19(22)20-10-9-14-5-3-2-4-6-14/h2-8,12,16H,9-11,13H2,1H3,(H2,20,21,22)/t16-/m1/s1. The van der Waals surface area contributed by atoms with Crippen LogP contribution in [0.2, 0.25) is 0 Å². The van der Waals surface area contributed by atoms with Crippen LogP contribution >= 0.6 is 0 Å². The van der Waals surface area contributed by atoms with E-state index in [4.69, 9.17) is 9.47 Å². The second-order valence-electron chi connectivity index (χ2n) is 5.82. The van der Waals surface area contributed by atoms with Crippen molar-refractivity contribution >= 4 is 6.03 Å². The molecule has 0 fully saturated rings. The topological polar surface area (TPSA) is 59.6 Å². The molecule has 2 aromatic rings. The lowest BCUT2D eigenvalue weighted by atomic mass is 10.0. The molecule has 3 rings (SSSR count). The molecule has 126 valence electrons. The number of methoxy groups -OCH3 is 1. The lowest BCUT2D eigenvalue weighted by Gasteiger charge is -2.26. The van der Waals surface area contributed by atoms with Gasteiger partial charge in [0.05, 0.1) is 13.2 Å². The molecule has 0 bridgehead atoms. The first-order chi connectivity index (χ1) is 11.7. The van der Waals surface area contributed by atoms with Crippen LogP contribution in [0.3, 0.4) is 0 Å². The zero-order valence-electron chi connectivity index (χ0n) is 13.7. The van der Waals surface area contributed by atoms with E-state index in [0.29, 0.717) is 13.2 Å². The highest BCUT2D eigenvalue weighted by Crippen LogP contribution is 2.28. The highest BCUT2D eigenvalue weighted by molar-refractivity contribution is 5.74. The summed E-state index contributed by atoms with van der Waals surface area (Å²) in [6.07, 6.45) is 1.55. The zero-order valence-corrected chi connectivity index (χ0v) is 13.7. The van der Waals surface area contributed by atoms with Crippen LogP contribution in [0.5, 0.6) is 11.5 Å². The Morgan fingerprint density at radius 2 is 2.08 bits per heavy atom. The molecular weight excluding hydrogens is 304 g/mol. The largest absolute Gasteiger partial charge is 0.497 e. The highest BCUT2D eigenvalue weighted by Gasteiger charge is 2.21. The van der Waals surface area contributed by atoms with Crippen molar-refractivity contribution in [1.29, 1.82) is 0 Å². The van der Waals surface area contributed by atoms with Crippen LogP contribution in [0.1, 0.15) is 11.1 Å². The van der Waals surface area contributed by atoms with Crippen molar-refractivity contribution in [3.05, 3.63) is 59.7 Å². The number of benzene rings is 2. The summed E-state index contributed by atoms with van der Waals surface area (Å²) < 4.78 is 10.9. The number of urea groups is 1. The van der Waals surface area contributed by atoms with Crippen LogP contribution < -0.4 is 20.1 Å². The number of rotatable bonds is 5. The molecule has 5 heteroatoms. The molecule has 2 aromatic carbocycles. The minimum absolute atomic E-state index is 0.0404. The summed E-state index contributed by atoms with van der Waals surface area (Å²) in [5.41, 5.74) is 2.26. The number of ether oxygens (including phenoxy) is 2. The van der Waals surface area contributed by atoms with E-state index in [1.807, 2.05) is 36.4 Å². The third-order valence-corrected chi connectivity index (χ3v) is 4.05. The number of nitrogens with one attached hydrogen (secondary N) is 2. The number of fused-ring (bicyclic) bond motifs is 1. The predicted octanol–water partition coefficient (Wildman–Crippen LogP) is 2.54. The summed E-state index contributed by atoms with van der Waals surface area (Å²) in [4.78, 5) is 12.0. The van der Waals surface area contributed by atoms with Crippen LogP contribution in [0.15, 0.2) is 48.5 Å². The van der Waals surface area contributed by atoms with Crippen LogP contribution in [-0.2, 0) is 12.8 Å². The number of carbonyl (C=O) groups is 1. The zero-order chi connectivity index (χ0) is 16.8. The average Bonchev–Trinajstić information content (AvgIpc) is 2.62. The molecule has 1 aliphatic heterocycles. The molecule has 5 nitrogen and oxygen atoms in total. The molecule has 2 N–H and O–H groups in total. The summed E-state index contributed by atoms with van der Waals surface area (Å²) in [6.45, 7) is 1.08. The van der Waals surface area contributed by atoms with Crippen LogP contribution in [0.25, 0.3) is 0 Å². The molecule has 1 aliphatic rings. The predicted molar refractivity (Wildman–Crippen MR) is 92.7 cm³/mol. The van der Waals surface area contributed by atoms with Crippen LogP contribution in [0.4, 0.5) is 4.79 Å². The molecule has 0 spiro atoms. The van der Waals surface area contributed by atoms with E-state index in [2.05, 4.69) is 22.8 Å². The lowest BCUT2D eigenvalue weighted by Crippen LogP contribution is -2.47. The molecule has 24 heavy (non-hydrogen) atoms. The fourth-order valence-electron chi connectivity index (χ4n) is 2.79. The summed E-state index contributed by atoms with van der Waals surface area (Å²) in [6, 6.07) is 15.6. The molecule has 0 saturated carbocycles. The van der Waals surface area contributed by atoms with E-state index in [1.54, 1.807) is 7.11 Å². The van der Waals surface area contributed by atoms with Gasteiger partial charge < -0.3 is 20.1 Å². The third kappa shape index (κ3) is 4.19. The smallest absolute Gasteiger partial charge is 0.315 e. The van der Waals surface area contributed by atoms with Crippen molar-refractivity contribution in [3.63, 3.8) is 0 Å². The van der Waals surface area contributed by atoms with Gasteiger partial charge in [-0.3, -0.25) is 0 Å². The van der Waals surface area contributed by atoms with E-state index < -0.39 is 0 Å². The molecular formula is C19H22N2O3. The SMILES string of the molecule is COc1ccc2c(c1)C[C@@H](NC(=O)NCCc1ccccc1)CO2. The molecule has 0 aliphatic carbocycles. The number of hydrogen-bond donors (Lipinski definition) is 2. The van der Waals surface area contributed by atoms with Gasteiger partial charge in [0.1, 0.15) is 18.1 Å². The summed E-state index contributed by atoms with van der Waals surface area (Å²) >= 11 is 0.